The van der Waals surface area contributed by atoms with Crippen molar-refractivity contribution in [1.29, 1.82) is 0 Å². The maximum atomic E-state index is 5.66. The van der Waals surface area contributed by atoms with Crippen LogP contribution in [0.25, 0.3) is 0 Å². The van der Waals surface area contributed by atoms with Crippen LogP contribution in [0.15, 0.2) is 48.8 Å². The molecule has 15 heavy (non-hydrogen) atoms. The number of benzene rings is 1. The highest BCUT2D eigenvalue weighted by atomic mass is 16.5. The van der Waals surface area contributed by atoms with Crippen molar-refractivity contribution in [3.63, 3.8) is 0 Å². The minimum atomic E-state index is 0.511. The van der Waals surface area contributed by atoms with Crippen molar-refractivity contribution in [2.75, 3.05) is 5.73 Å². The number of ether oxygens (including phenoxy) is 1. The number of anilines is 1. The maximum absolute atomic E-state index is 5.66. The third-order valence-corrected chi connectivity index (χ3v) is 1.99. The van der Waals surface area contributed by atoms with E-state index in [1.807, 2.05) is 36.4 Å². The Labute approximate surface area is 88.5 Å². The number of nitrogen functional groups attached to an aromatic ring is 1. The monoisotopic (exact) mass is 200 g/mol. The molecule has 2 N–H and O–H groups in total. The molecule has 1 aromatic carbocycles. The van der Waals surface area contributed by atoms with Crippen LogP contribution in [0.2, 0.25) is 0 Å². The molecule has 1 aromatic heterocycles. The molecule has 2 rings (SSSR count). The molecule has 0 saturated heterocycles. The van der Waals surface area contributed by atoms with Gasteiger partial charge in [0, 0.05) is 11.9 Å². The van der Waals surface area contributed by atoms with Gasteiger partial charge in [-0.15, -0.1) is 0 Å². The van der Waals surface area contributed by atoms with Crippen molar-refractivity contribution < 1.29 is 4.74 Å². The summed E-state index contributed by atoms with van der Waals surface area (Å²) in [6, 6.07) is 11.4. The Kier molecular flexibility index (Phi) is 2.83. The Morgan fingerprint density at radius 2 is 2.13 bits per heavy atom. The Morgan fingerprint density at radius 1 is 1.20 bits per heavy atom. The molecule has 0 atom stereocenters. The van der Waals surface area contributed by atoms with Crippen LogP contribution in [0, 0.1) is 0 Å². The van der Waals surface area contributed by atoms with Crippen molar-refractivity contribution >= 4 is 5.69 Å². The minimum absolute atomic E-state index is 0.511. The van der Waals surface area contributed by atoms with Crippen LogP contribution < -0.4 is 10.5 Å². The van der Waals surface area contributed by atoms with Gasteiger partial charge >= 0.3 is 0 Å². The number of rotatable bonds is 3. The standard InChI is InChI=1S/C12H12N2O/c13-11-4-1-3-10(7-11)9-15-12-5-2-6-14-8-12/h1-8H,9,13H2. The molecule has 0 unspecified atom stereocenters. The summed E-state index contributed by atoms with van der Waals surface area (Å²) in [5.41, 5.74) is 7.47. The second kappa shape index (κ2) is 4.46. The average Bonchev–Trinajstić information content (AvgIpc) is 2.28. The van der Waals surface area contributed by atoms with E-state index in [2.05, 4.69) is 4.98 Å². The molecular formula is C12H12N2O. The summed E-state index contributed by atoms with van der Waals surface area (Å²) in [6.45, 7) is 0.511. The molecule has 2 aromatic rings. The molecule has 0 radical (unpaired) electrons. The molecule has 0 bridgehead atoms. The first-order chi connectivity index (χ1) is 7.34. The molecule has 0 aliphatic rings. The Hall–Kier alpha value is -2.03. The fourth-order valence-electron chi connectivity index (χ4n) is 1.28. The molecule has 3 heteroatoms. The topological polar surface area (TPSA) is 48.1 Å². The summed E-state index contributed by atoms with van der Waals surface area (Å²) in [5.74, 6) is 0.764. The molecule has 1 heterocycles. The quantitative estimate of drug-likeness (QED) is 0.773. The predicted molar refractivity (Wildman–Crippen MR) is 59.4 cm³/mol. The van der Waals surface area contributed by atoms with Crippen LogP contribution in [0.3, 0.4) is 0 Å². The zero-order valence-electron chi connectivity index (χ0n) is 8.26. The number of pyridine rings is 1. The maximum Gasteiger partial charge on any atom is 0.138 e. The van der Waals surface area contributed by atoms with E-state index in [1.165, 1.54) is 0 Å². The van der Waals surface area contributed by atoms with E-state index in [4.69, 9.17) is 10.5 Å². The highest BCUT2D eigenvalue weighted by Gasteiger charge is 1.95. The van der Waals surface area contributed by atoms with E-state index >= 15 is 0 Å². The molecule has 0 amide bonds. The first kappa shape index (κ1) is 9.52. The highest BCUT2D eigenvalue weighted by molar-refractivity contribution is 5.40. The van der Waals surface area contributed by atoms with Gasteiger partial charge in [0.15, 0.2) is 0 Å². The third-order valence-electron chi connectivity index (χ3n) is 1.99. The van der Waals surface area contributed by atoms with Crippen LogP contribution in [-0.4, -0.2) is 4.98 Å². The van der Waals surface area contributed by atoms with Gasteiger partial charge in [-0.05, 0) is 29.8 Å². The van der Waals surface area contributed by atoms with E-state index in [1.54, 1.807) is 12.4 Å². The summed E-state index contributed by atoms with van der Waals surface area (Å²) >= 11 is 0. The van der Waals surface area contributed by atoms with Crippen LogP contribution in [0.5, 0.6) is 5.75 Å². The summed E-state index contributed by atoms with van der Waals surface area (Å²) in [5, 5.41) is 0. The Morgan fingerprint density at radius 3 is 2.87 bits per heavy atom. The van der Waals surface area contributed by atoms with Gasteiger partial charge in [-0.3, -0.25) is 4.98 Å². The van der Waals surface area contributed by atoms with Gasteiger partial charge in [-0.2, -0.15) is 0 Å². The molecule has 3 nitrogen and oxygen atoms in total. The number of hydrogen-bond donors (Lipinski definition) is 1. The third kappa shape index (κ3) is 2.71. The number of nitrogens with two attached hydrogens (primary N) is 1. The summed E-state index contributed by atoms with van der Waals surface area (Å²) in [6.07, 6.45) is 3.40. The first-order valence-corrected chi connectivity index (χ1v) is 4.72. The van der Waals surface area contributed by atoms with Gasteiger partial charge in [-0.1, -0.05) is 12.1 Å². The smallest absolute Gasteiger partial charge is 0.138 e. The van der Waals surface area contributed by atoms with Gasteiger partial charge in [-0.25, -0.2) is 0 Å². The zero-order valence-corrected chi connectivity index (χ0v) is 8.26. The lowest BCUT2D eigenvalue weighted by Crippen LogP contribution is -1.96. The molecule has 0 aliphatic heterocycles. The second-order valence-corrected chi connectivity index (χ2v) is 3.22. The summed E-state index contributed by atoms with van der Waals surface area (Å²) < 4.78 is 5.53. The second-order valence-electron chi connectivity index (χ2n) is 3.22. The van der Waals surface area contributed by atoms with E-state index in [0.29, 0.717) is 6.61 Å². The fourth-order valence-corrected chi connectivity index (χ4v) is 1.28. The van der Waals surface area contributed by atoms with E-state index < -0.39 is 0 Å². The summed E-state index contributed by atoms with van der Waals surface area (Å²) in [7, 11) is 0. The molecule has 0 saturated carbocycles. The lowest BCUT2D eigenvalue weighted by Gasteiger charge is -2.05. The molecular weight excluding hydrogens is 188 g/mol. The number of hydrogen-bond acceptors (Lipinski definition) is 3. The lowest BCUT2D eigenvalue weighted by atomic mass is 10.2. The van der Waals surface area contributed by atoms with Crippen LogP contribution in [-0.2, 0) is 6.61 Å². The van der Waals surface area contributed by atoms with Crippen LogP contribution >= 0.6 is 0 Å². The van der Waals surface area contributed by atoms with E-state index in [0.717, 1.165) is 17.0 Å². The van der Waals surface area contributed by atoms with E-state index in [9.17, 15) is 0 Å². The molecule has 0 fully saturated rings. The first-order valence-electron chi connectivity index (χ1n) is 4.72. The molecule has 0 aliphatic carbocycles. The Bertz CT molecular complexity index is 429. The van der Waals surface area contributed by atoms with Gasteiger partial charge in [0.05, 0.1) is 6.20 Å². The van der Waals surface area contributed by atoms with Crippen LogP contribution in [0.4, 0.5) is 5.69 Å². The van der Waals surface area contributed by atoms with Gasteiger partial charge in [0.25, 0.3) is 0 Å². The van der Waals surface area contributed by atoms with Crippen molar-refractivity contribution in [1.82, 2.24) is 4.98 Å². The normalized spacial score (nSPS) is 9.87. The van der Waals surface area contributed by atoms with Gasteiger partial charge in [0.2, 0.25) is 0 Å². The minimum Gasteiger partial charge on any atom is -0.487 e. The predicted octanol–water partition coefficient (Wildman–Crippen LogP) is 2.24. The number of aromatic nitrogens is 1. The van der Waals surface area contributed by atoms with Crippen molar-refractivity contribution in [2.24, 2.45) is 0 Å². The fraction of sp³-hybridized carbons (Fsp3) is 0.0833. The van der Waals surface area contributed by atoms with Gasteiger partial charge in [0.1, 0.15) is 12.4 Å². The van der Waals surface area contributed by atoms with E-state index in [-0.39, 0.29) is 0 Å². The van der Waals surface area contributed by atoms with Crippen molar-refractivity contribution in [3.05, 3.63) is 54.4 Å². The van der Waals surface area contributed by atoms with Gasteiger partial charge < -0.3 is 10.5 Å². The Balaban J connectivity index is 1.99. The molecule has 0 spiro atoms. The van der Waals surface area contributed by atoms with Crippen molar-refractivity contribution in [2.45, 2.75) is 6.61 Å². The lowest BCUT2D eigenvalue weighted by molar-refractivity contribution is 0.305. The zero-order chi connectivity index (χ0) is 10.5. The summed E-state index contributed by atoms with van der Waals surface area (Å²) in [4.78, 5) is 3.96. The van der Waals surface area contributed by atoms with Crippen LogP contribution in [0.1, 0.15) is 5.56 Å². The number of nitrogens with zero attached hydrogens (tertiary/aromatic N) is 1. The van der Waals surface area contributed by atoms with Crippen molar-refractivity contribution in [3.8, 4) is 5.75 Å². The highest BCUT2D eigenvalue weighted by Crippen LogP contribution is 2.11. The largest absolute Gasteiger partial charge is 0.487 e. The molecule has 76 valence electrons. The average molecular weight is 200 g/mol. The SMILES string of the molecule is Nc1cccc(COc2cccnc2)c1.